The molecular weight excluding hydrogens is 349 g/mol. The van der Waals surface area contributed by atoms with E-state index in [9.17, 15) is 13.2 Å². The van der Waals surface area contributed by atoms with E-state index in [0.717, 1.165) is 19.3 Å². The highest BCUT2D eigenvalue weighted by Gasteiger charge is 2.37. The highest BCUT2D eigenvalue weighted by Crippen LogP contribution is 2.35. The van der Waals surface area contributed by atoms with E-state index in [1.807, 2.05) is 4.57 Å². The first kappa shape index (κ1) is 18.6. The first-order valence-electron chi connectivity index (χ1n) is 8.55. The molecule has 0 bridgehead atoms. The molecule has 0 unspecified atom stereocenters. The largest absolute Gasteiger partial charge is 0.433 e. The second-order valence-corrected chi connectivity index (χ2v) is 6.17. The third-order valence-electron chi connectivity index (χ3n) is 4.30. The van der Waals surface area contributed by atoms with Gasteiger partial charge in [0.25, 0.3) is 0 Å². The van der Waals surface area contributed by atoms with Crippen LogP contribution in [0.1, 0.15) is 42.0 Å². The average Bonchev–Trinajstić information content (AvgIpc) is 3.06. The number of anilines is 1. The first-order valence-corrected chi connectivity index (χ1v) is 8.55. The Labute approximate surface area is 149 Å². The lowest BCUT2D eigenvalue weighted by molar-refractivity contribution is -0.142. The van der Waals surface area contributed by atoms with Gasteiger partial charge in [0, 0.05) is 31.5 Å². The second-order valence-electron chi connectivity index (χ2n) is 6.17. The van der Waals surface area contributed by atoms with Crippen molar-refractivity contribution >= 4 is 5.95 Å². The maximum Gasteiger partial charge on any atom is 0.433 e. The molecule has 2 heterocycles. The van der Waals surface area contributed by atoms with Gasteiger partial charge in [0.05, 0.1) is 6.54 Å². The lowest BCUT2D eigenvalue weighted by atomic mass is 9.94. The molecule has 0 saturated carbocycles. The molecule has 0 radical (unpaired) electrons. The predicted octanol–water partition coefficient (Wildman–Crippen LogP) is 2.61. The van der Waals surface area contributed by atoms with Crippen LogP contribution in [-0.2, 0) is 36.8 Å². The summed E-state index contributed by atoms with van der Waals surface area (Å²) in [6.45, 7) is 1.47. The van der Waals surface area contributed by atoms with Gasteiger partial charge in [-0.3, -0.25) is 0 Å². The van der Waals surface area contributed by atoms with E-state index in [1.54, 1.807) is 13.4 Å². The van der Waals surface area contributed by atoms with Gasteiger partial charge in [-0.05, 0) is 32.1 Å². The highest BCUT2D eigenvalue weighted by molar-refractivity contribution is 5.37. The molecule has 0 aliphatic heterocycles. The lowest BCUT2D eigenvalue weighted by Gasteiger charge is -2.20. The molecule has 0 atom stereocenters. The third-order valence-corrected chi connectivity index (χ3v) is 4.30. The van der Waals surface area contributed by atoms with Crippen LogP contribution >= 0.6 is 0 Å². The van der Waals surface area contributed by atoms with Crippen LogP contribution < -0.4 is 5.32 Å². The molecular formula is C16H21F3N6O. The topological polar surface area (TPSA) is 77.8 Å². The Hall–Kier alpha value is -2.23. The zero-order chi connectivity index (χ0) is 18.6. The molecule has 7 nitrogen and oxygen atoms in total. The molecule has 2 aromatic rings. The number of hydrogen-bond donors (Lipinski definition) is 1. The Balaban J connectivity index is 1.76. The van der Waals surface area contributed by atoms with Gasteiger partial charge in [0.15, 0.2) is 11.5 Å². The van der Waals surface area contributed by atoms with Gasteiger partial charge in [-0.2, -0.15) is 13.2 Å². The van der Waals surface area contributed by atoms with E-state index in [2.05, 4.69) is 25.5 Å². The summed E-state index contributed by atoms with van der Waals surface area (Å²) in [6, 6.07) is 0. The molecule has 1 N–H and O–H groups in total. The maximum atomic E-state index is 13.4. The van der Waals surface area contributed by atoms with E-state index < -0.39 is 11.9 Å². The number of fused-ring (bicyclic) bond motifs is 1. The minimum absolute atomic E-state index is 0.0237. The van der Waals surface area contributed by atoms with E-state index in [4.69, 9.17) is 4.74 Å². The number of rotatable bonds is 7. The van der Waals surface area contributed by atoms with Crippen LogP contribution in [0.5, 0.6) is 0 Å². The van der Waals surface area contributed by atoms with Gasteiger partial charge < -0.3 is 14.6 Å². The van der Waals surface area contributed by atoms with Crippen molar-refractivity contribution in [1.29, 1.82) is 0 Å². The Morgan fingerprint density at radius 1 is 1.23 bits per heavy atom. The highest BCUT2D eigenvalue weighted by atomic mass is 19.4. The number of aryl methyl sites for hydroxylation is 2. The summed E-state index contributed by atoms with van der Waals surface area (Å²) in [5, 5.41) is 10.7. The van der Waals surface area contributed by atoms with E-state index in [0.29, 0.717) is 37.5 Å². The Kier molecular flexibility index (Phi) is 5.70. The van der Waals surface area contributed by atoms with Gasteiger partial charge in [-0.1, -0.05) is 0 Å². The minimum Gasteiger partial charge on any atom is -0.385 e. The second kappa shape index (κ2) is 7.98. The lowest BCUT2D eigenvalue weighted by Crippen LogP contribution is -2.20. The monoisotopic (exact) mass is 370 g/mol. The standard InChI is InChI=1S/C16H21F3N6O/c1-26-8-4-7-25-10-21-24-13(25)9-20-15-22-12-6-3-2-5-11(12)14(23-15)16(17,18)19/h10H,2-9H2,1H3,(H,20,22,23). The molecule has 26 heavy (non-hydrogen) atoms. The number of nitrogens with one attached hydrogen (secondary N) is 1. The number of nitrogens with zero attached hydrogens (tertiary/aromatic N) is 5. The van der Waals surface area contributed by atoms with Gasteiger partial charge >= 0.3 is 6.18 Å². The fourth-order valence-corrected chi connectivity index (χ4v) is 3.05. The average molecular weight is 370 g/mol. The molecule has 0 aromatic carbocycles. The Bertz CT molecular complexity index is 746. The molecule has 0 fully saturated rings. The van der Waals surface area contributed by atoms with E-state index >= 15 is 0 Å². The van der Waals surface area contributed by atoms with Crippen LogP contribution in [0.2, 0.25) is 0 Å². The fourth-order valence-electron chi connectivity index (χ4n) is 3.05. The summed E-state index contributed by atoms with van der Waals surface area (Å²) < 4.78 is 46.9. The summed E-state index contributed by atoms with van der Waals surface area (Å²) in [5.41, 5.74) is -0.106. The van der Waals surface area contributed by atoms with Crippen LogP contribution in [0.4, 0.5) is 19.1 Å². The zero-order valence-electron chi connectivity index (χ0n) is 14.5. The number of ether oxygens (including phenoxy) is 1. The van der Waals surface area contributed by atoms with Crippen molar-refractivity contribution in [3.8, 4) is 0 Å². The SMILES string of the molecule is COCCCn1cnnc1CNc1nc2c(c(C(F)(F)F)n1)CCCC2. The first-order chi connectivity index (χ1) is 12.5. The zero-order valence-corrected chi connectivity index (χ0v) is 14.5. The molecule has 1 aliphatic rings. The van der Waals surface area contributed by atoms with Crippen molar-refractivity contribution < 1.29 is 17.9 Å². The third kappa shape index (κ3) is 4.29. The van der Waals surface area contributed by atoms with Crippen LogP contribution in [0.3, 0.4) is 0 Å². The smallest absolute Gasteiger partial charge is 0.385 e. The number of halogens is 3. The molecule has 142 valence electrons. The normalized spacial score (nSPS) is 14.3. The fraction of sp³-hybridized carbons (Fsp3) is 0.625. The summed E-state index contributed by atoms with van der Waals surface area (Å²) >= 11 is 0. The van der Waals surface area contributed by atoms with Crippen molar-refractivity contribution in [1.82, 2.24) is 24.7 Å². The quantitative estimate of drug-likeness (QED) is 0.755. The number of alkyl halides is 3. The van der Waals surface area contributed by atoms with Crippen molar-refractivity contribution in [3.63, 3.8) is 0 Å². The number of hydrogen-bond acceptors (Lipinski definition) is 6. The summed E-state index contributed by atoms with van der Waals surface area (Å²) in [7, 11) is 1.63. The molecule has 0 spiro atoms. The van der Waals surface area contributed by atoms with Crippen molar-refractivity contribution in [2.45, 2.75) is 51.4 Å². The van der Waals surface area contributed by atoms with Crippen LogP contribution in [0.25, 0.3) is 0 Å². The number of aromatic nitrogens is 5. The molecule has 10 heteroatoms. The molecule has 3 rings (SSSR count). The summed E-state index contributed by atoms with van der Waals surface area (Å²) in [5.74, 6) is 0.584. The van der Waals surface area contributed by atoms with Crippen LogP contribution in [0, 0.1) is 0 Å². The molecule has 0 amide bonds. The Morgan fingerprint density at radius 2 is 2.04 bits per heavy atom. The maximum absolute atomic E-state index is 13.4. The predicted molar refractivity (Wildman–Crippen MR) is 87.5 cm³/mol. The number of methoxy groups -OCH3 is 1. The van der Waals surface area contributed by atoms with Gasteiger partial charge in [0.1, 0.15) is 6.33 Å². The molecule has 2 aromatic heterocycles. The summed E-state index contributed by atoms with van der Waals surface area (Å²) in [6.07, 6.45) is 0.379. The van der Waals surface area contributed by atoms with Gasteiger partial charge in [-0.25, -0.2) is 9.97 Å². The molecule has 1 aliphatic carbocycles. The van der Waals surface area contributed by atoms with Crippen molar-refractivity contribution in [3.05, 3.63) is 29.1 Å². The minimum atomic E-state index is -4.49. The van der Waals surface area contributed by atoms with Gasteiger partial charge in [-0.15, -0.1) is 10.2 Å². The van der Waals surface area contributed by atoms with Crippen LogP contribution in [0.15, 0.2) is 6.33 Å². The molecule has 0 saturated heterocycles. The van der Waals surface area contributed by atoms with E-state index in [1.165, 1.54) is 0 Å². The van der Waals surface area contributed by atoms with Gasteiger partial charge in [0.2, 0.25) is 5.95 Å². The van der Waals surface area contributed by atoms with E-state index in [-0.39, 0.29) is 18.1 Å². The van der Waals surface area contributed by atoms with Crippen molar-refractivity contribution in [2.75, 3.05) is 19.0 Å². The summed E-state index contributed by atoms with van der Waals surface area (Å²) in [4.78, 5) is 8.03. The van der Waals surface area contributed by atoms with Crippen LogP contribution in [-0.4, -0.2) is 38.4 Å². The van der Waals surface area contributed by atoms with Crippen molar-refractivity contribution in [2.24, 2.45) is 0 Å². The Morgan fingerprint density at radius 3 is 2.81 bits per heavy atom.